The van der Waals surface area contributed by atoms with E-state index in [1.165, 1.54) is 6.07 Å². The van der Waals surface area contributed by atoms with Crippen molar-refractivity contribution in [2.45, 2.75) is 13.8 Å². The fourth-order valence-corrected chi connectivity index (χ4v) is 1.64. The Labute approximate surface area is 98.1 Å². The molecule has 4 heteroatoms. The van der Waals surface area contributed by atoms with E-state index >= 15 is 0 Å². The highest BCUT2D eigenvalue weighted by atomic mass is 35.5. The molecule has 2 rings (SSSR count). The number of rotatable bonds is 1. The van der Waals surface area contributed by atoms with Gasteiger partial charge in [-0.1, -0.05) is 23.7 Å². The van der Waals surface area contributed by atoms with E-state index in [1.54, 1.807) is 13.0 Å². The van der Waals surface area contributed by atoms with Crippen LogP contribution in [0.1, 0.15) is 11.3 Å². The molecular weight excluding hydrogens is 224 g/mol. The van der Waals surface area contributed by atoms with Crippen LogP contribution < -0.4 is 5.56 Å². The molecule has 1 heterocycles. The van der Waals surface area contributed by atoms with E-state index in [9.17, 15) is 4.79 Å². The molecule has 1 N–H and O–H groups in total. The molecule has 0 aliphatic carbocycles. The number of aromatic amines is 1. The van der Waals surface area contributed by atoms with E-state index in [1.807, 2.05) is 19.1 Å². The summed E-state index contributed by atoms with van der Waals surface area (Å²) in [6.07, 6.45) is 0. The summed E-state index contributed by atoms with van der Waals surface area (Å²) in [7, 11) is 0. The zero-order valence-electron chi connectivity index (χ0n) is 9.04. The minimum Gasteiger partial charge on any atom is -0.307 e. The van der Waals surface area contributed by atoms with Crippen molar-refractivity contribution < 1.29 is 0 Å². The van der Waals surface area contributed by atoms with Crippen molar-refractivity contribution in [1.82, 2.24) is 9.97 Å². The normalized spacial score (nSPS) is 10.4. The van der Waals surface area contributed by atoms with Gasteiger partial charge in [0.1, 0.15) is 5.82 Å². The molecule has 0 saturated heterocycles. The number of halogens is 1. The minimum absolute atomic E-state index is 0.154. The molecule has 0 aliphatic rings. The summed E-state index contributed by atoms with van der Waals surface area (Å²) in [5, 5.41) is 0.668. The van der Waals surface area contributed by atoms with E-state index in [0.29, 0.717) is 16.5 Å². The first-order valence-corrected chi connectivity index (χ1v) is 5.28. The van der Waals surface area contributed by atoms with Gasteiger partial charge in [0, 0.05) is 22.3 Å². The highest BCUT2D eigenvalue weighted by Crippen LogP contribution is 2.22. The van der Waals surface area contributed by atoms with Gasteiger partial charge in [0.05, 0.1) is 0 Å². The van der Waals surface area contributed by atoms with Gasteiger partial charge in [-0.05, 0) is 25.5 Å². The van der Waals surface area contributed by atoms with E-state index in [0.717, 1.165) is 11.1 Å². The lowest BCUT2D eigenvalue weighted by Gasteiger charge is -2.04. The summed E-state index contributed by atoms with van der Waals surface area (Å²) in [4.78, 5) is 18.3. The second-order valence-electron chi connectivity index (χ2n) is 3.70. The average molecular weight is 235 g/mol. The maximum absolute atomic E-state index is 11.3. The number of H-pyrrole nitrogens is 1. The van der Waals surface area contributed by atoms with Gasteiger partial charge in [-0.3, -0.25) is 4.79 Å². The molecule has 0 bridgehead atoms. The topological polar surface area (TPSA) is 45.8 Å². The third-order valence-electron chi connectivity index (χ3n) is 2.32. The SMILES string of the molecule is Cc1cc(=O)[nH]c(-c2ccc(C)c(Cl)c2)n1. The lowest BCUT2D eigenvalue weighted by Crippen LogP contribution is -2.08. The number of hydrogen-bond donors (Lipinski definition) is 1. The molecule has 3 nitrogen and oxygen atoms in total. The van der Waals surface area contributed by atoms with E-state index < -0.39 is 0 Å². The molecule has 2 aromatic rings. The Hall–Kier alpha value is -1.61. The fraction of sp³-hybridized carbons (Fsp3) is 0.167. The lowest BCUT2D eigenvalue weighted by atomic mass is 10.1. The molecule has 16 heavy (non-hydrogen) atoms. The highest BCUT2D eigenvalue weighted by molar-refractivity contribution is 6.31. The molecule has 1 aromatic heterocycles. The van der Waals surface area contributed by atoms with Crippen LogP contribution in [0.4, 0.5) is 0 Å². The highest BCUT2D eigenvalue weighted by Gasteiger charge is 2.04. The minimum atomic E-state index is -0.154. The number of hydrogen-bond acceptors (Lipinski definition) is 2. The smallest absolute Gasteiger partial charge is 0.251 e. The van der Waals surface area contributed by atoms with Gasteiger partial charge >= 0.3 is 0 Å². The quantitative estimate of drug-likeness (QED) is 0.825. The Kier molecular flexibility index (Phi) is 2.79. The van der Waals surface area contributed by atoms with Gasteiger partial charge in [0.25, 0.3) is 5.56 Å². The Morgan fingerprint density at radius 2 is 2.00 bits per heavy atom. The second-order valence-corrected chi connectivity index (χ2v) is 4.11. The third kappa shape index (κ3) is 2.14. The number of aryl methyl sites for hydroxylation is 2. The zero-order chi connectivity index (χ0) is 11.7. The van der Waals surface area contributed by atoms with E-state index in [-0.39, 0.29) is 5.56 Å². The molecular formula is C12H11ClN2O. The van der Waals surface area contributed by atoms with Crippen LogP contribution >= 0.6 is 11.6 Å². The van der Waals surface area contributed by atoms with Crippen molar-refractivity contribution in [3.8, 4) is 11.4 Å². The summed E-state index contributed by atoms with van der Waals surface area (Å²) in [5.41, 5.74) is 2.35. The van der Waals surface area contributed by atoms with Gasteiger partial charge in [0.15, 0.2) is 0 Å². The van der Waals surface area contributed by atoms with Crippen molar-refractivity contribution in [3.05, 3.63) is 50.9 Å². The van der Waals surface area contributed by atoms with Crippen LogP contribution in [-0.2, 0) is 0 Å². The molecule has 0 fully saturated rings. The number of aromatic nitrogens is 2. The van der Waals surface area contributed by atoms with Crippen molar-refractivity contribution in [3.63, 3.8) is 0 Å². The summed E-state index contributed by atoms with van der Waals surface area (Å²) < 4.78 is 0. The molecule has 0 unspecified atom stereocenters. The molecule has 0 aliphatic heterocycles. The van der Waals surface area contributed by atoms with Gasteiger partial charge in [0.2, 0.25) is 0 Å². The summed E-state index contributed by atoms with van der Waals surface area (Å²) >= 11 is 6.02. The predicted octanol–water partition coefficient (Wildman–Crippen LogP) is 2.71. The van der Waals surface area contributed by atoms with Gasteiger partial charge in [-0.15, -0.1) is 0 Å². The van der Waals surface area contributed by atoms with Crippen molar-refractivity contribution >= 4 is 11.6 Å². The first kappa shape index (κ1) is 10.9. The Balaban J connectivity index is 2.58. The Bertz CT molecular complexity index is 590. The van der Waals surface area contributed by atoms with Crippen LogP contribution in [0.3, 0.4) is 0 Å². The summed E-state index contributed by atoms with van der Waals surface area (Å²) in [5.74, 6) is 0.548. The number of benzene rings is 1. The van der Waals surface area contributed by atoms with Crippen LogP contribution in [0.2, 0.25) is 5.02 Å². The van der Waals surface area contributed by atoms with Crippen LogP contribution in [0, 0.1) is 13.8 Å². The first-order chi connectivity index (χ1) is 7.56. The molecule has 0 saturated carbocycles. The fourth-order valence-electron chi connectivity index (χ4n) is 1.46. The Morgan fingerprint density at radius 3 is 2.62 bits per heavy atom. The van der Waals surface area contributed by atoms with Crippen LogP contribution in [0.15, 0.2) is 29.1 Å². The lowest BCUT2D eigenvalue weighted by molar-refractivity contribution is 1.07. The number of nitrogens with zero attached hydrogens (tertiary/aromatic N) is 1. The molecule has 0 amide bonds. The average Bonchev–Trinajstić information content (AvgIpc) is 2.20. The largest absolute Gasteiger partial charge is 0.307 e. The van der Waals surface area contributed by atoms with E-state index in [2.05, 4.69) is 9.97 Å². The Morgan fingerprint density at radius 1 is 1.25 bits per heavy atom. The third-order valence-corrected chi connectivity index (χ3v) is 2.72. The van der Waals surface area contributed by atoms with Gasteiger partial charge in [-0.25, -0.2) is 4.98 Å². The number of nitrogens with one attached hydrogen (secondary N) is 1. The first-order valence-electron chi connectivity index (χ1n) is 4.91. The monoisotopic (exact) mass is 234 g/mol. The predicted molar refractivity (Wildman–Crippen MR) is 64.8 cm³/mol. The van der Waals surface area contributed by atoms with E-state index in [4.69, 9.17) is 11.6 Å². The zero-order valence-corrected chi connectivity index (χ0v) is 9.80. The van der Waals surface area contributed by atoms with Crippen LogP contribution in [0.25, 0.3) is 11.4 Å². The van der Waals surface area contributed by atoms with Gasteiger partial charge in [-0.2, -0.15) is 0 Å². The maximum Gasteiger partial charge on any atom is 0.251 e. The van der Waals surface area contributed by atoms with Gasteiger partial charge < -0.3 is 4.98 Å². The summed E-state index contributed by atoms with van der Waals surface area (Å²) in [6.45, 7) is 3.72. The molecule has 82 valence electrons. The second kappa shape index (κ2) is 4.10. The summed E-state index contributed by atoms with van der Waals surface area (Å²) in [6, 6.07) is 7.05. The molecule has 0 spiro atoms. The van der Waals surface area contributed by atoms with Crippen LogP contribution in [0.5, 0.6) is 0 Å². The van der Waals surface area contributed by atoms with Crippen LogP contribution in [-0.4, -0.2) is 9.97 Å². The molecule has 0 atom stereocenters. The molecule has 1 aromatic carbocycles. The van der Waals surface area contributed by atoms with Crippen molar-refractivity contribution in [2.24, 2.45) is 0 Å². The van der Waals surface area contributed by atoms with Crippen molar-refractivity contribution in [2.75, 3.05) is 0 Å². The maximum atomic E-state index is 11.3. The van der Waals surface area contributed by atoms with Crippen molar-refractivity contribution in [1.29, 1.82) is 0 Å². The standard InChI is InChI=1S/C12H11ClN2O/c1-7-3-4-9(6-10(7)13)12-14-8(2)5-11(16)15-12/h3-6H,1-2H3,(H,14,15,16). The molecule has 0 radical (unpaired) electrons.